The van der Waals surface area contributed by atoms with Crippen molar-refractivity contribution in [2.24, 2.45) is 0 Å². The fraction of sp³-hybridized carbons (Fsp3) is 0.100. The zero-order valence-corrected chi connectivity index (χ0v) is 8.32. The Morgan fingerprint density at radius 3 is 3.29 bits per heavy atom. The second-order valence-electron chi connectivity index (χ2n) is 3.21. The van der Waals surface area contributed by atoms with Gasteiger partial charge in [-0.25, -0.2) is 4.98 Å². The Morgan fingerprint density at radius 1 is 1.59 bits per heavy atom. The standard InChI is InChI=1S/C10H7N6O/c1-6-3-2-4-16-9(6)11-5-7(10(16)17)8-12-14-15-13-8/h2-5H,1H3/q-1/i1D3,4D. The van der Waals surface area contributed by atoms with Crippen LogP contribution in [0.5, 0.6) is 0 Å². The van der Waals surface area contributed by atoms with Crippen LogP contribution in [0.4, 0.5) is 0 Å². The molecule has 7 nitrogen and oxygen atoms in total. The molecule has 0 N–H and O–H groups in total. The summed E-state index contributed by atoms with van der Waals surface area (Å²) >= 11 is 0. The number of nitrogens with zero attached hydrogens (tertiary/aromatic N) is 6. The summed E-state index contributed by atoms with van der Waals surface area (Å²) in [5, 5.41) is 13.7. The summed E-state index contributed by atoms with van der Waals surface area (Å²) in [5.74, 6) is -0.0272. The quantitative estimate of drug-likeness (QED) is 0.577. The van der Waals surface area contributed by atoms with E-state index in [1.165, 1.54) is 12.1 Å². The van der Waals surface area contributed by atoms with Crippen LogP contribution in [0.2, 0.25) is 0 Å². The SMILES string of the molecule is [2H]c1ccc(C([2H])([2H])[2H])c2ncc(-c3nnn[n-]3)c(=O)n12. The molecule has 84 valence electrons. The Balaban J connectivity index is 2.40. The molecule has 0 aliphatic heterocycles. The smallest absolute Gasteiger partial charge is 0.266 e. The molecule has 0 fully saturated rings. The highest BCUT2D eigenvalue weighted by atomic mass is 16.1. The second kappa shape index (κ2) is 3.48. The van der Waals surface area contributed by atoms with E-state index in [2.05, 4.69) is 25.6 Å². The van der Waals surface area contributed by atoms with Crippen molar-refractivity contribution >= 4 is 5.65 Å². The van der Waals surface area contributed by atoms with Crippen molar-refractivity contribution in [1.82, 2.24) is 30.0 Å². The van der Waals surface area contributed by atoms with Gasteiger partial charge in [-0.3, -0.25) is 19.5 Å². The van der Waals surface area contributed by atoms with E-state index in [0.29, 0.717) is 0 Å². The molecule has 0 spiro atoms. The predicted molar refractivity (Wildman–Crippen MR) is 58.3 cm³/mol. The van der Waals surface area contributed by atoms with Gasteiger partial charge in [-0.05, 0) is 18.5 Å². The van der Waals surface area contributed by atoms with Crippen molar-refractivity contribution in [2.75, 3.05) is 0 Å². The average molecular weight is 231 g/mol. The number of rotatable bonds is 1. The minimum Gasteiger partial charge on any atom is -0.330 e. The van der Waals surface area contributed by atoms with Crippen LogP contribution >= 0.6 is 0 Å². The number of fused-ring (bicyclic) bond motifs is 1. The first-order chi connectivity index (χ1) is 9.89. The van der Waals surface area contributed by atoms with Gasteiger partial charge in [-0.15, -0.1) is 0 Å². The first-order valence-electron chi connectivity index (χ1n) is 6.60. The third kappa shape index (κ3) is 1.40. The molecule has 3 aromatic heterocycles. The van der Waals surface area contributed by atoms with E-state index in [-0.39, 0.29) is 28.8 Å². The van der Waals surface area contributed by atoms with Gasteiger partial charge < -0.3 is 5.10 Å². The maximum Gasteiger partial charge on any atom is 0.266 e. The van der Waals surface area contributed by atoms with E-state index in [9.17, 15) is 4.79 Å². The molecular formula is C10H7N6O-. The molecule has 0 aliphatic rings. The molecule has 0 atom stereocenters. The zero-order valence-electron chi connectivity index (χ0n) is 12.3. The molecule has 3 heterocycles. The number of hydrogen-bond acceptors (Lipinski definition) is 5. The number of aryl methyl sites for hydroxylation is 1. The molecule has 7 heteroatoms. The van der Waals surface area contributed by atoms with Gasteiger partial charge in [0.1, 0.15) is 5.65 Å². The largest absolute Gasteiger partial charge is 0.330 e. The van der Waals surface area contributed by atoms with Crippen LogP contribution in [-0.2, 0) is 0 Å². The minimum absolute atomic E-state index is 0.00584. The van der Waals surface area contributed by atoms with Crippen LogP contribution in [-0.4, -0.2) is 24.9 Å². The molecule has 0 bridgehead atoms. The Labute approximate surface area is 101 Å². The summed E-state index contributed by atoms with van der Waals surface area (Å²) < 4.78 is 31.1. The normalized spacial score (nSPS) is 15.1. The van der Waals surface area contributed by atoms with E-state index in [0.717, 1.165) is 10.6 Å². The van der Waals surface area contributed by atoms with Crippen molar-refractivity contribution < 1.29 is 5.48 Å². The fourth-order valence-corrected chi connectivity index (χ4v) is 1.44. The van der Waals surface area contributed by atoms with Gasteiger partial charge in [-0.1, -0.05) is 6.07 Å². The molecule has 0 saturated carbocycles. The maximum absolute atomic E-state index is 12.4. The molecule has 3 rings (SSSR count). The van der Waals surface area contributed by atoms with E-state index < -0.39 is 12.4 Å². The lowest BCUT2D eigenvalue weighted by atomic mass is 10.2. The van der Waals surface area contributed by atoms with Crippen molar-refractivity contribution in [1.29, 1.82) is 0 Å². The number of aromatic nitrogens is 6. The summed E-state index contributed by atoms with van der Waals surface area (Å²) in [6.07, 6.45) is 0.968. The Kier molecular flexibility index (Phi) is 1.28. The fourth-order valence-electron chi connectivity index (χ4n) is 1.44. The topological polar surface area (TPSA) is 87.1 Å². The second-order valence-corrected chi connectivity index (χ2v) is 3.21. The minimum atomic E-state index is -2.44. The maximum atomic E-state index is 12.4. The first kappa shape index (κ1) is 6.24. The summed E-state index contributed by atoms with van der Waals surface area (Å²) in [4.78, 5) is 16.4. The first-order valence-corrected chi connectivity index (χ1v) is 4.60. The van der Waals surface area contributed by atoms with Gasteiger partial charge in [0.05, 0.1) is 6.93 Å². The predicted octanol–water partition coefficient (Wildman–Crippen LogP) is -0.188. The molecule has 0 unspecified atom stereocenters. The van der Waals surface area contributed by atoms with E-state index in [1.807, 2.05) is 0 Å². The molecule has 0 aromatic carbocycles. The molecule has 0 amide bonds. The molecule has 0 saturated heterocycles. The Morgan fingerprint density at radius 2 is 2.53 bits per heavy atom. The molecular weight excluding hydrogens is 220 g/mol. The highest BCUT2D eigenvalue weighted by Gasteiger charge is 2.06. The Bertz CT molecular complexity index is 870. The third-order valence-corrected chi connectivity index (χ3v) is 2.22. The lowest BCUT2D eigenvalue weighted by Crippen LogP contribution is -2.17. The van der Waals surface area contributed by atoms with E-state index >= 15 is 0 Å². The highest BCUT2D eigenvalue weighted by molar-refractivity contribution is 5.55. The Hall–Kier alpha value is -2.57. The van der Waals surface area contributed by atoms with Gasteiger partial charge in [0.2, 0.25) is 0 Å². The third-order valence-electron chi connectivity index (χ3n) is 2.22. The van der Waals surface area contributed by atoms with Crippen LogP contribution < -0.4 is 10.7 Å². The van der Waals surface area contributed by atoms with Crippen molar-refractivity contribution in [3.8, 4) is 11.4 Å². The van der Waals surface area contributed by atoms with Gasteiger partial charge in [0.25, 0.3) is 5.56 Å². The molecule has 0 aliphatic carbocycles. The molecule has 3 aromatic rings. The van der Waals surface area contributed by atoms with Gasteiger partial charge in [0.15, 0.2) is 0 Å². The van der Waals surface area contributed by atoms with E-state index in [4.69, 9.17) is 5.48 Å². The summed E-state index contributed by atoms with van der Waals surface area (Å²) in [6.45, 7) is -2.44. The van der Waals surface area contributed by atoms with Crippen LogP contribution in [0.25, 0.3) is 17.0 Å². The van der Waals surface area contributed by atoms with Crippen LogP contribution in [0.15, 0.2) is 29.3 Å². The van der Waals surface area contributed by atoms with Crippen molar-refractivity contribution in [3.63, 3.8) is 0 Å². The molecule has 0 radical (unpaired) electrons. The zero-order chi connectivity index (χ0) is 15.2. The average Bonchev–Trinajstić information content (AvgIpc) is 2.91. The summed E-state index contributed by atoms with van der Waals surface area (Å²) in [5.41, 5.74) is -0.856. The van der Waals surface area contributed by atoms with Crippen LogP contribution in [0, 0.1) is 6.85 Å². The van der Waals surface area contributed by atoms with Crippen LogP contribution in [0.3, 0.4) is 0 Å². The van der Waals surface area contributed by atoms with Gasteiger partial charge in [-0.2, -0.15) is 5.21 Å². The summed E-state index contributed by atoms with van der Waals surface area (Å²) in [6, 6.07) is 2.49. The monoisotopic (exact) mass is 231 g/mol. The van der Waals surface area contributed by atoms with Crippen molar-refractivity contribution in [3.05, 3.63) is 40.4 Å². The van der Waals surface area contributed by atoms with Gasteiger partial charge in [0, 0.05) is 22.3 Å². The van der Waals surface area contributed by atoms with Crippen LogP contribution in [0.1, 0.15) is 11.0 Å². The number of tetrazole rings is 1. The lowest BCUT2D eigenvalue weighted by molar-refractivity contribution is 0.871. The number of pyridine rings is 1. The van der Waals surface area contributed by atoms with E-state index in [1.54, 1.807) is 0 Å². The van der Waals surface area contributed by atoms with Crippen molar-refractivity contribution in [2.45, 2.75) is 6.85 Å². The van der Waals surface area contributed by atoms with Gasteiger partial charge >= 0.3 is 0 Å². The number of hydrogen-bond donors (Lipinski definition) is 0. The highest BCUT2D eigenvalue weighted by Crippen LogP contribution is 2.09. The lowest BCUT2D eigenvalue weighted by Gasteiger charge is -2.05. The molecule has 17 heavy (non-hydrogen) atoms. The summed E-state index contributed by atoms with van der Waals surface area (Å²) in [7, 11) is 0.